The first-order chi connectivity index (χ1) is 15.2. The maximum atomic E-state index is 2.58. The van der Waals surface area contributed by atoms with E-state index in [1.165, 1.54) is 79.5 Å². The zero-order valence-electron chi connectivity index (χ0n) is 18.2. The van der Waals surface area contributed by atoms with Crippen LogP contribution in [-0.4, -0.2) is 17.5 Å². The fourth-order valence-corrected chi connectivity index (χ4v) is 5.99. The van der Waals surface area contributed by atoms with Gasteiger partial charge in [-0.3, -0.25) is 0 Å². The molecule has 0 atom stereocenters. The van der Waals surface area contributed by atoms with Gasteiger partial charge in [-0.2, -0.15) is 0 Å². The third kappa shape index (κ3) is 2.21. The van der Waals surface area contributed by atoms with Crippen LogP contribution in [0.5, 0.6) is 0 Å². The van der Waals surface area contributed by atoms with Crippen LogP contribution in [0.25, 0.3) is 49.0 Å². The molecule has 0 amide bonds. The Hall–Kier alpha value is -3.33. The average molecular weight is 405 g/mol. The zero-order valence-corrected chi connectivity index (χ0v) is 18.2. The molecule has 1 saturated heterocycles. The molecular weight excluding hydrogens is 378 g/mol. The minimum absolute atomic E-state index is 1.16. The summed E-state index contributed by atoms with van der Waals surface area (Å²) < 4.78 is 4.85. The van der Waals surface area contributed by atoms with Crippen molar-refractivity contribution in [2.24, 2.45) is 7.05 Å². The van der Waals surface area contributed by atoms with Gasteiger partial charge < -0.3 is 9.30 Å². The lowest BCUT2D eigenvalue weighted by Gasteiger charge is -2.29. The Bertz CT molecular complexity index is 1630. The van der Waals surface area contributed by atoms with Gasteiger partial charge >= 0.3 is 0 Å². The topological polar surface area (TPSA) is 11.5 Å². The Labute approximate surface area is 181 Å². The third-order valence-electron chi connectivity index (χ3n) is 7.44. The maximum Gasteiger partial charge on any atom is 0.224 e. The second-order valence-corrected chi connectivity index (χ2v) is 9.26. The van der Waals surface area contributed by atoms with E-state index in [4.69, 9.17) is 0 Å². The molecule has 3 aromatic heterocycles. The predicted molar refractivity (Wildman–Crippen MR) is 131 cm³/mol. The van der Waals surface area contributed by atoms with Crippen LogP contribution in [0.1, 0.15) is 24.8 Å². The van der Waals surface area contributed by atoms with E-state index in [2.05, 4.69) is 88.6 Å². The summed E-state index contributed by atoms with van der Waals surface area (Å²) in [5, 5.41) is 6.77. The summed E-state index contributed by atoms with van der Waals surface area (Å²) in [5.41, 5.74) is 8.03. The van der Waals surface area contributed by atoms with E-state index in [9.17, 15) is 0 Å². The van der Waals surface area contributed by atoms with Gasteiger partial charge in [-0.1, -0.05) is 30.3 Å². The number of benzene rings is 3. The van der Waals surface area contributed by atoms with Gasteiger partial charge in [-0.15, -0.1) is 0 Å². The number of fused-ring (bicyclic) bond motifs is 5. The minimum atomic E-state index is 1.16. The Morgan fingerprint density at radius 1 is 0.806 bits per heavy atom. The van der Waals surface area contributed by atoms with E-state index < -0.39 is 0 Å². The number of hydrogen-bond acceptors (Lipinski definition) is 1. The van der Waals surface area contributed by atoms with E-state index in [1.54, 1.807) is 0 Å². The molecule has 0 aliphatic carbocycles. The SMILES string of the molecule is Cc1ccc2c3ccccc3n3c4cc(N5CCCCC5)cc5cc[n+](C)c(c1c23)c54. The highest BCUT2D eigenvalue weighted by Gasteiger charge is 2.24. The van der Waals surface area contributed by atoms with Crippen LogP contribution in [-0.2, 0) is 7.05 Å². The summed E-state index contributed by atoms with van der Waals surface area (Å²) in [7, 11) is 2.19. The second-order valence-electron chi connectivity index (χ2n) is 9.26. The van der Waals surface area contributed by atoms with Crippen LogP contribution in [0, 0.1) is 6.92 Å². The molecule has 6 aromatic rings. The number of piperidine rings is 1. The first-order valence-corrected chi connectivity index (χ1v) is 11.5. The van der Waals surface area contributed by atoms with Crippen molar-refractivity contribution in [3.05, 3.63) is 66.4 Å². The lowest BCUT2D eigenvalue weighted by molar-refractivity contribution is -0.643. The van der Waals surface area contributed by atoms with Gasteiger partial charge in [-0.05, 0) is 55.3 Å². The fourth-order valence-electron chi connectivity index (χ4n) is 5.99. The molecule has 4 heterocycles. The van der Waals surface area contributed by atoms with Gasteiger partial charge in [0.25, 0.3) is 0 Å². The summed E-state index contributed by atoms with van der Waals surface area (Å²) in [6.07, 6.45) is 6.17. The van der Waals surface area contributed by atoms with E-state index in [1.807, 2.05) is 0 Å². The van der Waals surface area contributed by atoms with Crippen molar-refractivity contribution >= 4 is 54.7 Å². The molecule has 0 spiro atoms. The molecule has 3 heteroatoms. The number of nitrogens with zero attached hydrogens (tertiary/aromatic N) is 3. The molecule has 0 saturated carbocycles. The average Bonchev–Trinajstić information content (AvgIpc) is 3.15. The van der Waals surface area contributed by atoms with Gasteiger partial charge in [0.15, 0.2) is 6.20 Å². The Morgan fingerprint density at radius 2 is 1.65 bits per heavy atom. The van der Waals surface area contributed by atoms with Gasteiger partial charge in [0.2, 0.25) is 5.52 Å². The molecule has 7 rings (SSSR count). The Balaban J connectivity index is 1.78. The quantitative estimate of drug-likeness (QED) is 0.183. The summed E-state index contributed by atoms with van der Waals surface area (Å²) >= 11 is 0. The molecule has 3 nitrogen and oxygen atoms in total. The van der Waals surface area contributed by atoms with Gasteiger partial charge in [0.1, 0.15) is 7.05 Å². The van der Waals surface area contributed by atoms with Crippen LogP contribution in [0.2, 0.25) is 0 Å². The Morgan fingerprint density at radius 3 is 2.52 bits per heavy atom. The van der Waals surface area contributed by atoms with Crippen LogP contribution in [0.3, 0.4) is 0 Å². The molecule has 0 unspecified atom stereocenters. The molecule has 0 bridgehead atoms. The molecule has 0 N–H and O–H groups in total. The van der Waals surface area contributed by atoms with E-state index >= 15 is 0 Å². The van der Waals surface area contributed by atoms with Crippen molar-refractivity contribution in [2.75, 3.05) is 18.0 Å². The van der Waals surface area contributed by atoms with E-state index in [0.29, 0.717) is 0 Å². The van der Waals surface area contributed by atoms with Crippen LogP contribution < -0.4 is 9.47 Å². The number of aromatic nitrogens is 2. The van der Waals surface area contributed by atoms with Crippen molar-refractivity contribution < 1.29 is 4.57 Å². The molecule has 1 fully saturated rings. The largest absolute Gasteiger partial charge is 0.371 e. The predicted octanol–water partition coefficient (Wildman–Crippen LogP) is 6.11. The number of pyridine rings is 2. The second kappa shape index (κ2) is 6.10. The standard InChI is InChI=1S/C28H26N3/c1-18-10-11-22-21-8-4-5-9-23(21)31-24-17-20(30-13-6-3-7-14-30)16-19-12-15-29(2)28(26(19)24)25(18)27(22)31/h4-5,8-12,15-17H,3,6-7,13-14H2,1-2H3/q+1. The zero-order chi connectivity index (χ0) is 20.7. The van der Waals surface area contributed by atoms with E-state index in [-0.39, 0.29) is 0 Å². The number of para-hydroxylation sites is 1. The molecule has 31 heavy (non-hydrogen) atoms. The molecule has 1 aliphatic heterocycles. The number of aryl methyl sites for hydroxylation is 2. The number of hydrogen-bond donors (Lipinski definition) is 0. The monoisotopic (exact) mass is 404 g/mol. The highest BCUT2D eigenvalue weighted by atomic mass is 15.1. The van der Waals surface area contributed by atoms with Gasteiger partial charge in [0.05, 0.1) is 27.3 Å². The van der Waals surface area contributed by atoms with Crippen molar-refractivity contribution in [1.82, 2.24) is 4.40 Å². The lowest BCUT2D eigenvalue weighted by Crippen LogP contribution is -2.30. The molecule has 152 valence electrons. The van der Waals surface area contributed by atoms with Gasteiger partial charge in [-0.25, -0.2) is 4.57 Å². The normalized spacial score (nSPS) is 15.4. The van der Waals surface area contributed by atoms with Crippen LogP contribution in [0.4, 0.5) is 5.69 Å². The number of rotatable bonds is 1. The minimum Gasteiger partial charge on any atom is -0.371 e. The summed E-state index contributed by atoms with van der Waals surface area (Å²) in [6, 6.07) is 20.7. The molecular formula is C28H26N3+. The van der Waals surface area contributed by atoms with Crippen molar-refractivity contribution in [3.8, 4) is 0 Å². The van der Waals surface area contributed by atoms with Crippen molar-refractivity contribution in [3.63, 3.8) is 0 Å². The lowest BCUT2D eigenvalue weighted by atomic mass is 9.99. The van der Waals surface area contributed by atoms with Gasteiger partial charge in [0, 0.05) is 35.6 Å². The van der Waals surface area contributed by atoms with Crippen LogP contribution >= 0.6 is 0 Å². The number of anilines is 1. The molecule has 3 aromatic carbocycles. The highest BCUT2D eigenvalue weighted by Crippen LogP contribution is 2.41. The van der Waals surface area contributed by atoms with Crippen molar-refractivity contribution in [1.29, 1.82) is 0 Å². The smallest absolute Gasteiger partial charge is 0.224 e. The summed E-state index contributed by atoms with van der Waals surface area (Å²) in [4.78, 5) is 2.58. The molecule has 0 radical (unpaired) electrons. The summed E-state index contributed by atoms with van der Waals surface area (Å²) in [5.74, 6) is 0. The van der Waals surface area contributed by atoms with Crippen LogP contribution in [0.15, 0.2) is 60.8 Å². The van der Waals surface area contributed by atoms with E-state index in [0.717, 1.165) is 13.1 Å². The highest BCUT2D eigenvalue weighted by molar-refractivity contribution is 6.26. The Kier molecular flexibility index (Phi) is 3.42. The molecule has 1 aliphatic rings. The first kappa shape index (κ1) is 17.4. The summed E-state index contributed by atoms with van der Waals surface area (Å²) in [6.45, 7) is 4.58. The maximum absolute atomic E-state index is 2.58. The first-order valence-electron chi connectivity index (χ1n) is 11.5. The fraction of sp³-hybridized carbons (Fsp3) is 0.250. The van der Waals surface area contributed by atoms with Crippen molar-refractivity contribution in [2.45, 2.75) is 26.2 Å². The third-order valence-corrected chi connectivity index (χ3v) is 7.44.